The van der Waals surface area contributed by atoms with E-state index >= 15 is 0 Å². The lowest BCUT2D eigenvalue weighted by molar-refractivity contribution is 0.274. The van der Waals surface area contributed by atoms with Gasteiger partial charge in [0.1, 0.15) is 0 Å². The SMILES string of the molecule is OCC1CC1c1ccc(Br)s1. The average molecular weight is 233 g/mol. The molecule has 1 aliphatic rings. The van der Waals surface area contributed by atoms with E-state index in [0.29, 0.717) is 18.4 Å². The zero-order chi connectivity index (χ0) is 7.84. The summed E-state index contributed by atoms with van der Waals surface area (Å²) in [6.45, 7) is 0.347. The third kappa shape index (κ3) is 1.50. The fraction of sp³-hybridized carbons (Fsp3) is 0.500. The van der Waals surface area contributed by atoms with Gasteiger partial charge in [-0.15, -0.1) is 11.3 Å². The molecule has 2 atom stereocenters. The Hall–Kier alpha value is 0.140. The van der Waals surface area contributed by atoms with Crippen LogP contribution in [0.4, 0.5) is 0 Å². The first-order valence-electron chi connectivity index (χ1n) is 3.67. The summed E-state index contributed by atoms with van der Waals surface area (Å²) >= 11 is 5.21. The van der Waals surface area contributed by atoms with Gasteiger partial charge in [-0.3, -0.25) is 0 Å². The standard InChI is InChI=1S/C8H9BrOS/c9-8-2-1-7(11-8)6-3-5(6)4-10/h1-2,5-6,10H,3-4H2. The summed E-state index contributed by atoms with van der Waals surface area (Å²) in [6.07, 6.45) is 1.17. The van der Waals surface area contributed by atoms with Crippen LogP contribution in [0.3, 0.4) is 0 Å². The Balaban J connectivity index is 2.08. The first kappa shape index (κ1) is 7.77. The lowest BCUT2D eigenvalue weighted by Gasteiger charge is -1.89. The second-order valence-corrected chi connectivity index (χ2v) is 5.42. The molecule has 0 spiro atoms. The van der Waals surface area contributed by atoms with E-state index in [9.17, 15) is 0 Å². The minimum atomic E-state index is 0.347. The Bertz CT molecular complexity index is 258. The van der Waals surface area contributed by atoms with Crippen LogP contribution < -0.4 is 0 Å². The predicted molar refractivity (Wildman–Crippen MR) is 50.0 cm³/mol. The van der Waals surface area contributed by atoms with E-state index < -0.39 is 0 Å². The first-order chi connectivity index (χ1) is 5.31. The van der Waals surface area contributed by atoms with Crippen molar-refractivity contribution < 1.29 is 5.11 Å². The van der Waals surface area contributed by atoms with Gasteiger partial charge in [0.2, 0.25) is 0 Å². The summed E-state index contributed by atoms with van der Waals surface area (Å²) in [7, 11) is 0. The molecule has 1 aliphatic carbocycles. The molecule has 60 valence electrons. The van der Waals surface area contributed by atoms with Gasteiger partial charge in [0.15, 0.2) is 0 Å². The number of thiophene rings is 1. The lowest BCUT2D eigenvalue weighted by Crippen LogP contribution is -1.85. The molecular formula is C8H9BrOS. The zero-order valence-corrected chi connectivity index (χ0v) is 8.36. The molecule has 0 aromatic carbocycles. The Morgan fingerprint density at radius 2 is 2.45 bits per heavy atom. The summed E-state index contributed by atoms with van der Waals surface area (Å²) in [6, 6.07) is 4.22. The molecule has 1 nitrogen and oxygen atoms in total. The summed E-state index contributed by atoms with van der Waals surface area (Å²) in [5, 5.41) is 8.84. The van der Waals surface area contributed by atoms with E-state index in [1.165, 1.54) is 15.1 Å². The van der Waals surface area contributed by atoms with Gasteiger partial charge in [0.05, 0.1) is 3.79 Å². The van der Waals surface area contributed by atoms with Crippen LogP contribution in [0.5, 0.6) is 0 Å². The largest absolute Gasteiger partial charge is 0.396 e. The van der Waals surface area contributed by atoms with Gasteiger partial charge in [-0.2, -0.15) is 0 Å². The number of aliphatic hydroxyl groups is 1. The fourth-order valence-electron chi connectivity index (χ4n) is 1.33. The second kappa shape index (κ2) is 2.88. The van der Waals surface area contributed by atoms with E-state index in [1.54, 1.807) is 11.3 Å². The maximum absolute atomic E-state index is 8.84. The molecule has 2 unspecified atom stereocenters. The smallest absolute Gasteiger partial charge is 0.0701 e. The van der Waals surface area contributed by atoms with Crippen molar-refractivity contribution in [3.8, 4) is 0 Å². The number of hydrogen-bond donors (Lipinski definition) is 1. The molecule has 1 saturated carbocycles. The number of hydrogen-bond acceptors (Lipinski definition) is 2. The molecule has 0 radical (unpaired) electrons. The van der Waals surface area contributed by atoms with Crippen molar-refractivity contribution in [3.63, 3.8) is 0 Å². The van der Waals surface area contributed by atoms with Crippen molar-refractivity contribution in [2.75, 3.05) is 6.61 Å². The van der Waals surface area contributed by atoms with Crippen LogP contribution in [-0.4, -0.2) is 11.7 Å². The lowest BCUT2D eigenvalue weighted by atomic mass is 10.3. The Labute approximate surface area is 78.2 Å². The van der Waals surface area contributed by atoms with Crippen LogP contribution in [-0.2, 0) is 0 Å². The summed E-state index contributed by atoms with van der Waals surface area (Å²) in [4.78, 5) is 1.41. The van der Waals surface area contributed by atoms with E-state index in [2.05, 4.69) is 28.1 Å². The van der Waals surface area contributed by atoms with Crippen molar-refractivity contribution in [3.05, 3.63) is 20.8 Å². The molecule has 1 N–H and O–H groups in total. The first-order valence-corrected chi connectivity index (χ1v) is 5.28. The minimum Gasteiger partial charge on any atom is -0.396 e. The predicted octanol–water partition coefficient (Wildman–Crippen LogP) is 2.61. The van der Waals surface area contributed by atoms with Crippen LogP contribution in [0.15, 0.2) is 15.9 Å². The normalized spacial score (nSPS) is 28.9. The van der Waals surface area contributed by atoms with E-state index in [4.69, 9.17) is 5.11 Å². The summed E-state index contributed by atoms with van der Waals surface area (Å²) < 4.78 is 1.19. The van der Waals surface area contributed by atoms with E-state index in [1.807, 2.05) is 0 Å². The second-order valence-electron chi connectivity index (χ2n) is 2.93. The van der Waals surface area contributed by atoms with Gasteiger partial charge in [-0.05, 0) is 46.3 Å². The Morgan fingerprint density at radius 1 is 1.64 bits per heavy atom. The summed E-state index contributed by atoms with van der Waals surface area (Å²) in [5.74, 6) is 1.19. The minimum absolute atomic E-state index is 0.347. The molecule has 0 amide bonds. The van der Waals surface area contributed by atoms with Gasteiger partial charge in [0.25, 0.3) is 0 Å². The molecule has 0 aliphatic heterocycles. The highest BCUT2D eigenvalue weighted by molar-refractivity contribution is 9.11. The van der Waals surface area contributed by atoms with Crippen molar-refractivity contribution in [2.24, 2.45) is 5.92 Å². The van der Waals surface area contributed by atoms with Crippen LogP contribution in [0.2, 0.25) is 0 Å². The third-order valence-corrected chi connectivity index (χ3v) is 3.87. The van der Waals surface area contributed by atoms with E-state index in [-0.39, 0.29) is 0 Å². The van der Waals surface area contributed by atoms with Crippen molar-refractivity contribution in [2.45, 2.75) is 12.3 Å². The molecule has 1 aromatic heterocycles. The molecule has 3 heteroatoms. The van der Waals surface area contributed by atoms with Gasteiger partial charge in [0, 0.05) is 11.5 Å². The van der Waals surface area contributed by atoms with E-state index in [0.717, 1.165) is 0 Å². The molecule has 11 heavy (non-hydrogen) atoms. The van der Waals surface area contributed by atoms with Crippen molar-refractivity contribution >= 4 is 27.3 Å². The molecule has 0 saturated heterocycles. The highest BCUT2D eigenvalue weighted by Crippen LogP contribution is 2.49. The molecule has 1 fully saturated rings. The monoisotopic (exact) mass is 232 g/mol. The van der Waals surface area contributed by atoms with Gasteiger partial charge < -0.3 is 5.11 Å². The molecule has 1 heterocycles. The number of aliphatic hydroxyl groups excluding tert-OH is 1. The van der Waals surface area contributed by atoms with Gasteiger partial charge in [-0.1, -0.05) is 0 Å². The topological polar surface area (TPSA) is 20.2 Å². The Kier molecular flexibility index (Phi) is 2.04. The molecule has 0 bridgehead atoms. The van der Waals surface area contributed by atoms with Crippen LogP contribution in [0.1, 0.15) is 17.2 Å². The Morgan fingerprint density at radius 3 is 2.91 bits per heavy atom. The van der Waals surface area contributed by atoms with Crippen LogP contribution >= 0.6 is 27.3 Å². The molecular weight excluding hydrogens is 224 g/mol. The van der Waals surface area contributed by atoms with Crippen molar-refractivity contribution in [1.82, 2.24) is 0 Å². The molecule has 1 aromatic rings. The average Bonchev–Trinajstić information content (AvgIpc) is 2.68. The van der Waals surface area contributed by atoms with Gasteiger partial charge in [-0.25, -0.2) is 0 Å². The maximum Gasteiger partial charge on any atom is 0.0701 e. The number of rotatable bonds is 2. The highest BCUT2D eigenvalue weighted by atomic mass is 79.9. The van der Waals surface area contributed by atoms with Crippen molar-refractivity contribution in [1.29, 1.82) is 0 Å². The summed E-state index contributed by atoms with van der Waals surface area (Å²) in [5.41, 5.74) is 0. The quantitative estimate of drug-likeness (QED) is 0.832. The maximum atomic E-state index is 8.84. The number of halogens is 1. The van der Waals surface area contributed by atoms with Crippen LogP contribution in [0.25, 0.3) is 0 Å². The molecule has 2 rings (SSSR count). The van der Waals surface area contributed by atoms with Crippen LogP contribution in [0, 0.1) is 5.92 Å². The van der Waals surface area contributed by atoms with Gasteiger partial charge >= 0.3 is 0 Å². The highest BCUT2D eigenvalue weighted by Gasteiger charge is 2.38. The third-order valence-electron chi connectivity index (χ3n) is 2.12. The fourth-order valence-corrected chi connectivity index (χ4v) is 2.96. The zero-order valence-electron chi connectivity index (χ0n) is 5.96.